The highest BCUT2D eigenvalue weighted by Gasteiger charge is 2.10. The second-order valence-electron chi connectivity index (χ2n) is 3.99. The zero-order valence-electron chi connectivity index (χ0n) is 10.7. The Kier molecular flexibility index (Phi) is 6.14. The van der Waals surface area contributed by atoms with Crippen LogP contribution in [0.3, 0.4) is 0 Å². The molecule has 4 nitrogen and oxygen atoms in total. The van der Waals surface area contributed by atoms with Crippen molar-refractivity contribution in [2.45, 2.75) is 13.3 Å². The second-order valence-corrected chi connectivity index (χ2v) is 3.99. The van der Waals surface area contributed by atoms with Gasteiger partial charge >= 0.3 is 0 Å². The van der Waals surface area contributed by atoms with Gasteiger partial charge in [-0.15, -0.1) is 0 Å². The van der Waals surface area contributed by atoms with Gasteiger partial charge in [0.2, 0.25) is 5.91 Å². The van der Waals surface area contributed by atoms with Gasteiger partial charge in [-0.1, -0.05) is 0 Å². The number of nitrogens with two attached hydrogens (primary N) is 1. The number of hydrogen-bond donors (Lipinski definition) is 2. The fraction of sp³-hybridized carbons (Fsp3) is 0.462. The number of benzene rings is 1. The Morgan fingerprint density at radius 3 is 2.61 bits per heavy atom. The summed E-state index contributed by atoms with van der Waals surface area (Å²) < 4.78 is 12.9. The number of amides is 1. The molecule has 0 saturated carbocycles. The quantitative estimate of drug-likeness (QED) is 0.765. The summed E-state index contributed by atoms with van der Waals surface area (Å²) >= 11 is 0. The molecule has 0 bridgehead atoms. The van der Waals surface area contributed by atoms with Crippen LogP contribution in [0.25, 0.3) is 0 Å². The van der Waals surface area contributed by atoms with E-state index in [2.05, 4.69) is 5.32 Å². The normalized spacial score (nSPS) is 10.2. The summed E-state index contributed by atoms with van der Waals surface area (Å²) in [7, 11) is 0. The first-order valence-electron chi connectivity index (χ1n) is 6.14. The van der Waals surface area contributed by atoms with Crippen LogP contribution in [0.4, 0.5) is 10.1 Å². The third kappa shape index (κ3) is 4.71. The summed E-state index contributed by atoms with van der Waals surface area (Å²) in [6.07, 6.45) is 0.788. The number of hydrogen-bond acceptors (Lipinski definition) is 3. The molecule has 0 aromatic heterocycles. The SMILES string of the molecule is CCNC(=O)CN(CCCN)c1ccc(F)cc1. The number of carbonyl (C=O) groups excluding carboxylic acids is 1. The maximum atomic E-state index is 12.9. The van der Waals surface area contributed by atoms with E-state index in [-0.39, 0.29) is 18.3 Å². The molecule has 0 unspecified atom stereocenters. The Morgan fingerprint density at radius 1 is 1.39 bits per heavy atom. The van der Waals surface area contributed by atoms with Crippen LogP contribution < -0.4 is 16.0 Å². The molecule has 0 spiro atoms. The number of carbonyl (C=O) groups is 1. The number of nitrogens with one attached hydrogen (secondary N) is 1. The molecule has 18 heavy (non-hydrogen) atoms. The fourth-order valence-corrected chi connectivity index (χ4v) is 1.66. The monoisotopic (exact) mass is 253 g/mol. The van der Waals surface area contributed by atoms with Crippen LogP contribution in [0.2, 0.25) is 0 Å². The predicted octanol–water partition coefficient (Wildman–Crippen LogP) is 1.12. The van der Waals surface area contributed by atoms with Gasteiger partial charge in [0.05, 0.1) is 6.54 Å². The van der Waals surface area contributed by atoms with E-state index >= 15 is 0 Å². The number of likely N-dealkylation sites (N-methyl/N-ethyl adjacent to an activating group) is 1. The molecule has 0 aliphatic rings. The molecule has 0 atom stereocenters. The van der Waals surface area contributed by atoms with Crippen LogP contribution in [0.5, 0.6) is 0 Å². The van der Waals surface area contributed by atoms with Crippen LogP contribution in [-0.2, 0) is 4.79 Å². The lowest BCUT2D eigenvalue weighted by molar-refractivity contribution is -0.119. The molecular formula is C13H20FN3O. The van der Waals surface area contributed by atoms with E-state index in [4.69, 9.17) is 5.73 Å². The maximum absolute atomic E-state index is 12.9. The van der Waals surface area contributed by atoms with E-state index in [0.29, 0.717) is 19.6 Å². The zero-order valence-corrected chi connectivity index (χ0v) is 10.7. The molecule has 1 aromatic rings. The Labute approximate surface area is 107 Å². The molecule has 0 aliphatic heterocycles. The standard InChI is InChI=1S/C13H20FN3O/c1-2-16-13(18)10-17(9-3-8-15)12-6-4-11(14)5-7-12/h4-7H,2-3,8-10,15H2,1H3,(H,16,18). The van der Waals surface area contributed by atoms with Gasteiger partial charge in [0.25, 0.3) is 0 Å². The highest BCUT2D eigenvalue weighted by Crippen LogP contribution is 2.14. The summed E-state index contributed by atoms with van der Waals surface area (Å²) in [5.74, 6) is -0.325. The molecule has 1 rings (SSSR count). The maximum Gasteiger partial charge on any atom is 0.239 e. The van der Waals surface area contributed by atoms with Crippen molar-refractivity contribution >= 4 is 11.6 Å². The topological polar surface area (TPSA) is 58.4 Å². The van der Waals surface area contributed by atoms with Crippen molar-refractivity contribution < 1.29 is 9.18 Å². The third-order valence-corrected chi connectivity index (χ3v) is 2.53. The van der Waals surface area contributed by atoms with Crippen molar-refractivity contribution in [3.05, 3.63) is 30.1 Å². The van der Waals surface area contributed by atoms with E-state index in [1.54, 1.807) is 12.1 Å². The van der Waals surface area contributed by atoms with Crippen LogP contribution in [-0.4, -0.2) is 32.1 Å². The van der Waals surface area contributed by atoms with E-state index in [1.165, 1.54) is 12.1 Å². The molecule has 1 aromatic carbocycles. The highest BCUT2D eigenvalue weighted by atomic mass is 19.1. The Hall–Kier alpha value is -1.62. The molecule has 100 valence electrons. The fourth-order valence-electron chi connectivity index (χ4n) is 1.66. The average molecular weight is 253 g/mol. The van der Waals surface area contributed by atoms with Crippen LogP contribution >= 0.6 is 0 Å². The first-order chi connectivity index (χ1) is 8.67. The molecule has 5 heteroatoms. The number of rotatable bonds is 7. The zero-order chi connectivity index (χ0) is 13.4. The minimum Gasteiger partial charge on any atom is -0.362 e. The Balaban J connectivity index is 2.70. The molecular weight excluding hydrogens is 233 g/mol. The van der Waals surface area contributed by atoms with Gasteiger partial charge in [-0.2, -0.15) is 0 Å². The molecule has 0 fully saturated rings. The lowest BCUT2D eigenvalue weighted by Crippen LogP contribution is -2.38. The number of halogens is 1. The Bertz CT molecular complexity index is 367. The van der Waals surface area contributed by atoms with Crippen molar-refractivity contribution in [3.63, 3.8) is 0 Å². The smallest absolute Gasteiger partial charge is 0.239 e. The molecule has 0 radical (unpaired) electrons. The lowest BCUT2D eigenvalue weighted by Gasteiger charge is -2.24. The summed E-state index contributed by atoms with van der Waals surface area (Å²) in [5, 5.41) is 2.75. The molecule has 1 amide bonds. The van der Waals surface area contributed by atoms with E-state index in [1.807, 2.05) is 11.8 Å². The van der Waals surface area contributed by atoms with Gasteiger partial charge < -0.3 is 16.0 Å². The number of nitrogens with zero attached hydrogens (tertiary/aromatic N) is 1. The minimum atomic E-state index is -0.282. The van der Waals surface area contributed by atoms with Crippen molar-refractivity contribution in [3.8, 4) is 0 Å². The van der Waals surface area contributed by atoms with Crippen LogP contribution in [0.15, 0.2) is 24.3 Å². The van der Waals surface area contributed by atoms with Gasteiger partial charge in [0.15, 0.2) is 0 Å². The molecule has 0 aliphatic carbocycles. The van der Waals surface area contributed by atoms with Gasteiger partial charge in [0.1, 0.15) is 5.82 Å². The van der Waals surface area contributed by atoms with Crippen molar-refractivity contribution in [1.82, 2.24) is 5.32 Å². The largest absolute Gasteiger partial charge is 0.362 e. The van der Waals surface area contributed by atoms with E-state index in [0.717, 1.165) is 12.1 Å². The molecule has 0 saturated heterocycles. The van der Waals surface area contributed by atoms with Crippen molar-refractivity contribution in [2.75, 3.05) is 31.1 Å². The minimum absolute atomic E-state index is 0.0427. The van der Waals surface area contributed by atoms with E-state index < -0.39 is 0 Å². The van der Waals surface area contributed by atoms with Crippen LogP contribution in [0, 0.1) is 5.82 Å². The van der Waals surface area contributed by atoms with Gasteiger partial charge in [-0.25, -0.2) is 4.39 Å². The van der Waals surface area contributed by atoms with Gasteiger partial charge in [-0.05, 0) is 44.2 Å². The lowest BCUT2D eigenvalue weighted by atomic mass is 10.2. The average Bonchev–Trinajstić information content (AvgIpc) is 2.36. The molecule has 3 N–H and O–H groups in total. The highest BCUT2D eigenvalue weighted by molar-refractivity contribution is 5.81. The summed E-state index contributed by atoms with van der Waals surface area (Å²) in [6, 6.07) is 6.13. The summed E-state index contributed by atoms with van der Waals surface area (Å²) in [6.45, 7) is 3.98. The first kappa shape index (κ1) is 14.4. The second kappa shape index (κ2) is 7.66. The van der Waals surface area contributed by atoms with Crippen molar-refractivity contribution in [2.24, 2.45) is 5.73 Å². The van der Waals surface area contributed by atoms with Crippen LogP contribution in [0.1, 0.15) is 13.3 Å². The number of anilines is 1. The van der Waals surface area contributed by atoms with Gasteiger partial charge in [-0.3, -0.25) is 4.79 Å². The molecule has 0 heterocycles. The predicted molar refractivity (Wildman–Crippen MR) is 71.0 cm³/mol. The van der Waals surface area contributed by atoms with E-state index in [9.17, 15) is 9.18 Å². The Morgan fingerprint density at radius 2 is 2.06 bits per heavy atom. The summed E-state index contributed by atoms with van der Waals surface area (Å²) in [5.41, 5.74) is 6.31. The first-order valence-corrected chi connectivity index (χ1v) is 6.14. The summed E-state index contributed by atoms with van der Waals surface area (Å²) in [4.78, 5) is 13.5. The van der Waals surface area contributed by atoms with Gasteiger partial charge in [0, 0.05) is 18.8 Å². The third-order valence-electron chi connectivity index (χ3n) is 2.53. The van der Waals surface area contributed by atoms with Crippen molar-refractivity contribution in [1.29, 1.82) is 0 Å².